The average molecular weight is 287 g/mol. The SMILES string of the molecule is Cc1nonc1C1COc2csc(Br)c21. The first kappa shape index (κ1) is 9.35. The first-order valence-corrected chi connectivity index (χ1v) is 6.13. The molecule has 78 valence electrons. The molecule has 4 nitrogen and oxygen atoms in total. The molecule has 6 heteroatoms. The molecule has 0 radical (unpaired) electrons. The lowest BCUT2D eigenvalue weighted by atomic mass is 10.00. The van der Waals surface area contributed by atoms with Gasteiger partial charge in [0, 0.05) is 10.9 Å². The number of nitrogens with zero attached hydrogens (tertiary/aromatic N) is 2. The smallest absolute Gasteiger partial charge is 0.135 e. The van der Waals surface area contributed by atoms with Gasteiger partial charge in [-0.1, -0.05) is 10.3 Å². The van der Waals surface area contributed by atoms with Crippen LogP contribution in [0.5, 0.6) is 5.75 Å². The standard InChI is InChI=1S/C9H7BrN2O2S/c1-4-8(12-14-11-4)5-2-13-6-3-15-9(10)7(5)6/h3,5H,2H2,1H3. The molecule has 0 N–H and O–H groups in total. The highest BCUT2D eigenvalue weighted by Gasteiger charge is 2.33. The summed E-state index contributed by atoms with van der Waals surface area (Å²) in [6, 6.07) is 0. The lowest BCUT2D eigenvalue weighted by Gasteiger charge is -2.04. The van der Waals surface area contributed by atoms with Crippen LogP contribution in [0.15, 0.2) is 13.8 Å². The monoisotopic (exact) mass is 286 g/mol. The molecule has 1 aliphatic heterocycles. The molecule has 0 saturated carbocycles. The molecule has 2 aromatic heterocycles. The van der Waals surface area contributed by atoms with E-state index in [-0.39, 0.29) is 5.92 Å². The second-order valence-electron chi connectivity index (χ2n) is 3.39. The van der Waals surface area contributed by atoms with Crippen LogP contribution in [-0.4, -0.2) is 16.9 Å². The normalized spacial score (nSPS) is 18.9. The maximum Gasteiger partial charge on any atom is 0.135 e. The summed E-state index contributed by atoms with van der Waals surface area (Å²) in [7, 11) is 0. The Morgan fingerprint density at radius 2 is 2.40 bits per heavy atom. The van der Waals surface area contributed by atoms with Gasteiger partial charge in [-0.3, -0.25) is 0 Å². The topological polar surface area (TPSA) is 48.2 Å². The second kappa shape index (κ2) is 3.31. The molecule has 0 spiro atoms. The van der Waals surface area contributed by atoms with Crippen LogP contribution in [-0.2, 0) is 0 Å². The number of halogens is 1. The van der Waals surface area contributed by atoms with Crippen molar-refractivity contribution >= 4 is 27.3 Å². The number of aromatic nitrogens is 2. The molecule has 1 unspecified atom stereocenters. The van der Waals surface area contributed by atoms with E-state index < -0.39 is 0 Å². The summed E-state index contributed by atoms with van der Waals surface area (Å²) < 4.78 is 11.4. The highest BCUT2D eigenvalue weighted by molar-refractivity contribution is 9.11. The van der Waals surface area contributed by atoms with Crippen molar-refractivity contribution in [1.29, 1.82) is 0 Å². The van der Waals surface area contributed by atoms with Crippen molar-refractivity contribution in [2.45, 2.75) is 12.8 Å². The van der Waals surface area contributed by atoms with Crippen LogP contribution >= 0.6 is 27.3 Å². The summed E-state index contributed by atoms with van der Waals surface area (Å²) in [5.41, 5.74) is 2.86. The Hall–Kier alpha value is -0.880. The van der Waals surface area contributed by atoms with Crippen molar-refractivity contribution in [3.05, 3.63) is 26.1 Å². The largest absolute Gasteiger partial charge is 0.491 e. The fraction of sp³-hybridized carbons (Fsp3) is 0.333. The van der Waals surface area contributed by atoms with Crippen LogP contribution < -0.4 is 4.74 Å². The van der Waals surface area contributed by atoms with Crippen molar-refractivity contribution in [3.8, 4) is 5.75 Å². The zero-order valence-corrected chi connectivity index (χ0v) is 10.3. The van der Waals surface area contributed by atoms with Gasteiger partial charge in [-0.05, 0) is 22.9 Å². The summed E-state index contributed by atoms with van der Waals surface area (Å²) >= 11 is 5.15. The second-order valence-corrected chi connectivity index (χ2v) is 5.58. The third-order valence-electron chi connectivity index (χ3n) is 2.52. The van der Waals surface area contributed by atoms with Gasteiger partial charge >= 0.3 is 0 Å². The molecular weight excluding hydrogens is 280 g/mol. The van der Waals surface area contributed by atoms with E-state index in [4.69, 9.17) is 9.37 Å². The van der Waals surface area contributed by atoms with Gasteiger partial charge in [0.05, 0.1) is 9.70 Å². The Morgan fingerprint density at radius 3 is 3.13 bits per heavy atom. The first-order chi connectivity index (χ1) is 7.27. The molecule has 0 saturated heterocycles. The third-order valence-corrected chi connectivity index (χ3v) is 4.26. The van der Waals surface area contributed by atoms with Crippen LogP contribution in [0.3, 0.4) is 0 Å². The fourth-order valence-corrected chi connectivity index (χ4v) is 3.30. The van der Waals surface area contributed by atoms with Crippen molar-refractivity contribution in [2.24, 2.45) is 0 Å². The number of thiophene rings is 1. The third kappa shape index (κ3) is 1.32. The van der Waals surface area contributed by atoms with Crippen LogP contribution in [0, 0.1) is 6.92 Å². The van der Waals surface area contributed by atoms with E-state index >= 15 is 0 Å². The van der Waals surface area contributed by atoms with Gasteiger partial charge in [-0.15, -0.1) is 11.3 Å². The molecule has 3 heterocycles. The molecular formula is C9H7BrN2O2S. The highest BCUT2D eigenvalue weighted by Crippen LogP contribution is 2.46. The lowest BCUT2D eigenvalue weighted by Crippen LogP contribution is -2.05. The fourth-order valence-electron chi connectivity index (χ4n) is 1.78. The van der Waals surface area contributed by atoms with Gasteiger partial charge in [0.1, 0.15) is 23.7 Å². The minimum Gasteiger partial charge on any atom is -0.491 e. The maximum absolute atomic E-state index is 5.58. The molecule has 2 aromatic rings. The molecule has 1 atom stereocenters. The van der Waals surface area contributed by atoms with Crippen molar-refractivity contribution in [2.75, 3.05) is 6.61 Å². The summed E-state index contributed by atoms with van der Waals surface area (Å²) in [4.78, 5) is 0. The van der Waals surface area contributed by atoms with E-state index in [1.54, 1.807) is 11.3 Å². The van der Waals surface area contributed by atoms with E-state index in [2.05, 4.69) is 26.2 Å². The average Bonchev–Trinajstić information content (AvgIpc) is 2.85. The molecule has 1 aliphatic rings. The quantitative estimate of drug-likeness (QED) is 0.809. The minimum absolute atomic E-state index is 0.145. The van der Waals surface area contributed by atoms with Gasteiger partial charge in [0.15, 0.2) is 0 Å². The van der Waals surface area contributed by atoms with Gasteiger partial charge in [-0.25, -0.2) is 4.63 Å². The summed E-state index contributed by atoms with van der Waals surface area (Å²) in [5.74, 6) is 1.09. The van der Waals surface area contributed by atoms with Gasteiger partial charge in [0.25, 0.3) is 0 Å². The Labute approximate surface area is 98.3 Å². The number of hydrogen-bond acceptors (Lipinski definition) is 5. The van der Waals surface area contributed by atoms with Gasteiger partial charge < -0.3 is 4.74 Å². The molecule has 0 amide bonds. The van der Waals surface area contributed by atoms with Crippen molar-refractivity contribution in [1.82, 2.24) is 10.3 Å². The molecule has 3 rings (SSSR count). The van der Waals surface area contributed by atoms with Gasteiger partial charge in [0.2, 0.25) is 0 Å². The van der Waals surface area contributed by atoms with Gasteiger partial charge in [-0.2, -0.15) is 0 Å². The van der Waals surface area contributed by atoms with E-state index in [1.807, 2.05) is 12.3 Å². The van der Waals surface area contributed by atoms with Crippen molar-refractivity contribution in [3.63, 3.8) is 0 Å². The van der Waals surface area contributed by atoms with E-state index in [1.165, 1.54) is 5.56 Å². The Kier molecular flexibility index (Phi) is 2.07. The maximum atomic E-state index is 5.58. The van der Waals surface area contributed by atoms with Crippen LogP contribution in [0.25, 0.3) is 0 Å². The first-order valence-electron chi connectivity index (χ1n) is 4.46. The van der Waals surface area contributed by atoms with E-state index in [0.717, 1.165) is 20.9 Å². The number of rotatable bonds is 1. The van der Waals surface area contributed by atoms with E-state index in [9.17, 15) is 0 Å². The lowest BCUT2D eigenvalue weighted by molar-refractivity contribution is 0.294. The zero-order chi connectivity index (χ0) is 10.4. The number of fused-ring (bicyclic) bond motifs is 1. The predicted octanol–water partition coefficient (Wildman–Crippen LogP) is 2.73. The zero-order valence-electron chi connectivity index (χ0n) is 7.86. The van der Waals surface area contributed by atoms with E-state index in [0.29, 0.717) is 6.61 Å². The molecule has 15 heavy (non-hydrogen) atoms. The summed E-state index contributed by atoms with van der Waals surface area (Å²) in [6.45, 7) is 2.51. The molecule has 0 fully saturated rings. The Morgan fingerprint density at radius 1 is 1.53 bits per heavy atom. The number of ether oxygens (including phenoxy) is 1. The van der Waals surface area contributed by atoms with Crippen LogP contribution in [0.4, 0.5) is 0 Å². The minimum atomic E-state index is 0.145. The number of hydrogen-bond donors (Lipinski definition) is 0. The number of aryl methyl sites for hydroxylation is 1. The summed E-state index contributed by atoms with van der Waals surface area (Å²) in [5, 5.41) is 9.73. The van der Waals surface area contributed by atoms with Crippen LogP contribution in [0.1, 0.15) is 22.9 Å². The Balaban J connectivity index is 2.11. The molecule has 0 aliphatic carbocycles. The Bertz CT molecular complexity index is 508. The van der Waals surface area contributed by atoms with Crippen LogP contribution in [0.2, 0.25) is 0 Å². The summed E-state index contributed by atoms with van der Waals surface area (Å²) in [6.07, 6.45) is 0. The predicted molar refractivity (Wildman–Crippen MR) is 58.4 cm³/mol. The molecule has 0 bridgehead atoms. The highest BCUT2D eigenvalue weighted by atomic mass is 79.9. The van der Waals surface area contributed by atoms with Crippen molar-refractivity contribution < 1.29 is 9.37 Å². The molecule has 0 aromatic carbocycles.